The van der Waals surface area contributed by atoms with Gasteiger partial charge in [-0.25, -0.2) is 0 Å². The molecule has 0 saturated heterocycles. The van der Waals surface area contributed by atoms with E-state index in [9.17, 15) is 4.79 Å². The lowest BCUT2D eigenvalue weighted by Gasteiger charge is -2.11. The van der Waals surface area contributed by atoms with Crippen LogP contribution < -0.4 is 5.32 Å². The van der Waals surface area contributed by atoms with Crippen molar-refractivity contribution in [1.29, 1.82) is 0 Å². The number of rotatable bonds is 5. The Morgan fingerprint density at radius 1 is 1.16 bits per heavy atom. The van der Waals surface area contributed by atoms with Crippen molar-refractivity contribution in [1.82, 2.24) is 10.3 Å². The third kappa shape index (κ3) is 4.56. The molecule has 1 N–H and O–H groups in total. The second kappa shape index (κ2) is 8.10. The number of nitrogens with zero attached hydrogens (tertiary/aromatic N) is 1. The molecule has 0 aliphatic rings. The summed E-state index contributed by atoms with van der Waals surface area (Å²) in [7, 11) is 0. The molecule has 1 unspecified atom stereocenters. The van der Waals surface area contributed by atoms with Gasteiger partial charge in [-0.1, -0.05) is 35.9 Å². The highest BCUT2D eigenvalue weighted by atomic mass is 35.5. The van der Waals surface area contributed by atoms with E-state index in [1.807, 2.05) is 67.6 Å². The number of nitrogens with one attached hydrogen (secondary N) is 1. The van der Waals surface area contributed by atoms with Crippen LogP contribution >= 0.6 is 22.9 Å². The molecule has 2 heterocycles. The fourth-order valence-corrected chi connectivity index (χ4v) is 3.62. The molecular weight excluding hydrogens is 352 g/mol. The number of hydrogen-bond donors (Lipinski definition) is 1. The van der Waals surface area contributed by atoms with Gasteiger partial charge < -0.3 is 5.32 Å². The zero-order valence-corrected chi connectivity index (χ0v) is 15.2. The largest absolute Gasteiger partial charge is 0.344 e. The van der Waals surface area contributed by atoms with Gasteiger partial charge in [-0.05, 0) is 43.3 Å². The van der Waals surface area contributed by atoms with Crippen LogP contribution in [0.2, 0.25) is 5.02 Å². The Kier molecular flexibility index (Phi) is 5.64. The fraction of sp³-hybridized carbons (Fsp3) is 0.100. The van der Waals surface area contributed by atoms with Gasteiger partial charge in [0.15, 0.2) is 0 Å². The van der Waals surface area contributed by atoms with Gasteiger partial charge in [-0.15, -0.1) is 11.3 Å². The van der Waals surface area contributed by atoms with Crippen LogP contribution in [0.15, 0.2) is 66.9 Å². The van der Waals surface area contributed by atoms with Gasteiger partial charge in [0.1, 0.15) is 0 Å². The number of carbonyl (C=O) groups excluding carboxylic acids is 1. The molecule has 5 heteroatoms. The minimum atomic E-state index is -0.147. The summed E-state index contributed by atoms with van der Waals surface area (Å²) in [6.45, 7) is 1.91. The number of amides is 1. The highest BCUT2D eigenvalue weighted by Crippen LogP contribution is 2.33. The molecule has 0 fully saturated rings. The van der Waals surface area contributed by atoms with E-state index in [0.29, 0.717) is 0 Å². The maximum Gasteiger partial charge on any atom is 0.244 e. The van der Waals surface area contributed by atoms with Crippen molar-refractivity contribution >= 4 is 34.9 Å². The van der Waals surface area contributed by atoms with Gasteiger partial charge >= 0.3 is 0 Å². The molecule has 25 heavy (non-hydrogen) atoms. The molecule has 3 rings (SSSR count). The average molecular weight is 369 g/mol. The molecule has 0 aliphatic carbocycles. The van der Waals surface area contributed by atoms with Crippen LogP contribution in [0.5, 0.6) is 0 Å². The Hall–Kier alpha value is -2.43. The minimum Gasteiger partial charge on any atom is -0.344 e. The standard InChI is InChI=1S/C20H17ClN2OS/c1-14(18-8-4-5-13-22-18)23-20(24)12-10-15-9-11-19(25-15)16-6-2-3-7-17(16)21/h2-14H,1H3,(H,23,24). The Labute approximate surface area is 156 Å². The summed E-state index contributed by atoms with van der Waals surface area (Å²) in [5.41, 5.74) is 1.84. The summed E-state index contributed by atoms with van der Waals surface area (Å²) >= 11 is 7.82. The van der Waals surface area contributed by atoms with Crippen LogP contribution in [0.4, 0.5) is 0 Å². The molecule has 0 aliphatic heterocycles. The van der Waals surface area contributed by atoms with Crippen molar-refractivity contribution in [2.75, 3.05) is 0 Å². The van der Waals surface area contributed by atoms with Crippen molar-refractivity contribution in [3.05, 3.63) is 82.5 Å². The Balaban J connectivity index is 1.64. The number of hydrogen-bond acceptors (Lipinski definition) is 3. The average Bonchev–Trinajstić information content (AvgIpc) is 3.10. The van der Waals surface area contributed by atoms with Gasteiger partial charge in [0, 0.05) is 32.6 Å². The van der Waals surface area contributed by atoms with Gasteiger partial charge in [0.2, 0.25) is 5.91 Å². The monoisotopic (exact) mass is 368 g/mol. The van der Waals surface area contributed by atoms with Crippen molar-refractivity contribution in [3.8, 4) is 10.4 Å². The van der Waals surface area contributed by atoms with E-state index in [1.165, 1.54) is 0 Å². The molecule has 1 atom stereocenters. The van der Waals surface area contributed by atoms with Crippen LogP contribution in [0.3, 0.4) is 0 Å². The molecule has 1 aromatic carbocycles. The van der Waals surface area contributed by atoms with E-state index in [1.54, 1.807) is 23.6 Å². The highest BCUT2D eigenvalue weighted by molar-refractivity contribution is 7.16. The first kappa shape index (κ1) is 17.4. The Morgan fingerprint density at radius 3 is 2.72 bits per heavy atom. The zero-order chi connectivity index (χ0) is 17.6. The predicted molar refractivity (Wildman–Crippen MR) is 105 cm³/mol. The second-order valence-corrected chi connectivity index (χ2v) is 7.02. The summed E-state index contributed by atoms with van der Waals surface area (Å²) in [6, 6.07) is 17.2. The normalized spacial score (nSPS) is 12.2. The van der Waals surface area contributed by atoms with Gasteiger partial charge in [-0.2, -0.15) is 0 Å². The van der Waals surface area contributed by atoms with E-state index in [4.69, 9.17) is 11.6 Å². The van der Waals surface area contributed by atoms with Crippen LogP contribution in [0, 0.1) is 0 Å². The number of carbonyl (C=O) groups is 1. The number of pyridine rings is 1. The molecule has 0 radical (unpaired) electrons. The fourth-order valence-electron chi connectivity index (χ4n) is 2.37. The molecule has 3 nitrogen and oxygen atoms in total. The number of benzene rings is 1. The van der Waals surface area contributed by atoms with Crippen LogP contribution in [0.1, 0.15) is 23.5 Å². The minimum absolute atomic E-state index is 0.139. The predicted octanol–water partition coefficient (Wildman–Crippen LogP) is 5.35. The summed E-state index contributed by atoms with van der Waals surface area (Å²) < 4.78 is 0. The van der Waals surface area contributed by atoms with Gasteiger partial charge in [0.25, 0.3) is 0 Å². The topological polar surface area (TPSA) is 42.0 Å². The third-order valence-corrected chi connectivity index (χ3v) is 5.07. The lowest BCUT2D eigenvalue weighted by molar-refractivity contribution is -0.117. The van der Waals surface area contributed by atoms with Crippen LogP contribution in [0.25, 0.3) is 16.5 Å². The van der Waals surface area contributed by atoms with Crippen LogP contribution in [-0.4, -0.2) is 10.9 Å². The first-order valence-electron chi connectivity index (χ1n) is 7.88. The van der Waals surface area contributed by atoms with E-state index in [0.717, 1.165) is 26.0 Å². The van der Waals surface area contributed by atoms with Gasteiger partial charge in [-0.3, -0.25) is 9.78 Å². The van der Waals surface area contributed by atoms with E-state index >= 15 is 0 Å². The van der Waals surface area contributed by atoms with E-state index in [-0.39, 0.29) is 11.9 Å². The zero-order valence-electron chi connectivity index (χ0n) is 13.6. The quantitative estimate of drug-likeness (QED) is 0.616. The van der Waals surface area contributed by atoms with Crippen molar-refractivity contribution in [2.45, 2.75) is 13.0 Å². The summed E-state index contributed by atoms with van der Waals surface area (Å²) in [6.07, 6.45) is 5.07. The van der Waals surface area contributed by atoms with Crippen molar-refractivity contribution < 1.29 is 4.79 Å². The number of aromatic nitrogens is 1. The van der Waals surface area contributed by atoms with Gasteiger partial charge in [0.05, 0.1) is 11.7 Å². The molecule has 1 amide bonds. The molecule has 0 saturated carbocycles. The Bertz CT molecular complexity index is 889. The molecule has 126 valence electrons. The molecule has 3 aromatic rings. The second-order valence-electron chi connectivity index (χ2n) is 5.50. The Morgan fingerprint density at radius 2 is 1.96 bits per heavy atom. The van der Waals surface area contributed by atoms with Crippen LogP contribution in [-0.2, 0) is 4.79 Å². The highest BCUT2D eigenvalue weighted by Gasteiger charge is 2.08. The maximum atomic E-state index is 12.1. The number of thiophene rings is 1. The first-order chi connectivity index (χ1) is 12.1. The molecular formula is C20H17ClN2OS. The lowest BCUT2D eigenvalue weighted by atomic mass is 10.2. The summed E-state index contributed by atoms with van der Waals surface area (Å²) in [5.74, 6) is -0.147. The van der Waals surface area contributed by atoms with E-state index < -0.39 is 0 Å². The molecule has 0 spiro atoms. The lowest BCUT2D eigenvalue weighted by Crippen LogP contribution is -2.25. The summed E-state index contributed by atoms with van der Waals surface area (Å²) in [4.78, 5) is 18.4. The molecule has 2 aromatic heterocycles. The maximum absolute atomic E-state index is 12.1. The molecule has 0 bridgehead atoms. The van der Waals surface area contributed by atoms with E-state index in [2.05, 4.69) is 10.3 Å². The first-order valence-corrected chi connectivity index (χ1v) is 9.07. The summed E-state index contributed by atoms with van der Waals surface area (Å²) in [5, 5.41) is 3.63. The SMILES string of the molecule is CC(NC(=O)C=Cc1ccc(-c2ccccc2Cl)s1)c1ccccn1. The van der Waals surface area contributed by atoms with Crippen molar-refractivity contribution in [2.24, 2.45) is 0 Å². The number of halogens is 1. The third-order valence-electron chi connectivity index (χ3n) is 3.66. The van der Waals surface area contributed by atoms with Crippen molar-refractivity contribution in [3.63, 3.8) is 0 Å². The smallest absolute Gasteiger partial charge is 0.244 e.